The third-order valence-electron chi connectivity index (χ3n) is 2.81. The zero-order valence-corrected chi connectivity index (χ0v) is 9.49. The molecule has 3 nitrogen and oxygen atoms in total. The van der Waals surface area contributed by atoms with Crippen LogP contribution in [0.25, 0.3) is 0 Å². The Bertz CT molecular complexity index is 343. The lowest BCUT2D eigenvalue weighted by Gasteiger charge is -2.22. The fraction of sp³-hybridized carbons (Fsp3) is 0.727. The van der Waals surface area contributed by atoms with Gasteiger partial charge in [0.25, 0.3) is 5.92 Å². The van der Waals surface area contributed by atoms with Crippen LogP contribution in [-0.2, 0) is 6.54 Å². The summed E-state index contributed by atoms with van der Waals surface area (Å²) in [6.07, 6.45) is 5.33. The van der Waals surface area contributed by atoms with Crippen LogP contribution in [0.1, 0.15) is 18.4 Å². The van der Waals surface area contributed by atoms with Gasteiger partial charge in [0.05, 0.1) is 12.7 Å². The molecule has 1 saturated heterocycles. The number of aryl methyl sites for hydroxylation is 1. The average Bonchev–Trinajstić information content (AvgIpc) is 2.76. The van der Waals surface area contributed by atoms with Crippen molar-refractivity contribution in [2.75, 3.05) is 19.6 Å². The molecule has 1 fully saturated rings. The second-order valence-electron chi connectivity index (χ2n) is 4.55. The van der Waals surface area contributed by atoms with Crippen molar-refractivity contribution >= 4 is 0 Å². The van der Waals surface area contributed by atoms with E-state index in [0.717, 1.165) is 31.5 Å². The summed E-state index contributed by atoms with van der Waals surface area (Å²) in [5.74, 6) is -2.69. The highest BCUT2D eigenvalue weighted by molar-refractivity contribution is 4.99. The fourth-order valence-electron chi connectivity index (χ4n) is 2.11. The number of likely N-dealkylation sites (tertiary alicyclic amines) is 1. The summed E-state index contributed by atoms with van der Waals surface area (Å²) in [7, 11) is 0. The Morgan fingerprint density at radius 3 is 2.56 bits per heavy atom. The van der Waals surface area contributed by atoms with Crippen LogP contribution in [0.15, 0.2) is 12.4 Å². The number of alkyl halides is 2. The van der Waals surface area contributed by atoms with E-state index in [9.17, 15) is 8.78 Å². The standard InChI is InChI=1S/C11H17F2N3/c1-10-6-14-16(7-10)9-11(12,13)8-15-4-2-3-5-15/h6-7H,2-5,8-9H2,1H3. The van der Waals surface area contributed by atoms with Crippen LogP contribution >= 0.6 is 0 Å². The van der Waals surface area contributed by atoms with Gasteiger partial charge in [-0.3, -0.25) is 9.58 Å². The van der Waals surface area contributed by atoms with Gasteiger partial charge in [0.2, 0.25) is 0 Å². The first-order valence-electron chi connectivity index (χ1n) is 5.64. The summed E-state index contributed by atoms with van der Waals surface area (Å²) in [6.45, 7) is 2.98. The van der Waals surface area contributed by atoms with Gasteiger partial charge in [-0.25, -0.2) is 8.78 Å². The van der Waals surface area contributed by atoms with Crippen molar-refractivity contribution in [3.8, 4) is 0 Å². The molecule has 5 heteroatoms. The third kappa shape index (κ3) is 3.01. The maximum Gasteiger partial charge on any atom is 0.279 e. The van der Waals surface area contributed by atoms with E-state index in [-0.39, 0.29) is 13.1 Å². The van der Waals surface area contributed by atoms with Crippen LogP contribution in [0, 0.1) is 6.92 Å². The molecule has 1 aliphatic rings. The Morgan fingerprint density at radius 1 is 1.31 bits per heavy atom. The SMILES string of the molecule is Cc1cnn(CC(F)(F)CN2CCCC2)c1. The van der Waals surface area contributed by atoms with E-state index in [1.165, 1.54) is 4.68 Å². The molecule has 0 amide bonds. The van der Waals surface area contributed by atoms with Crippen LogP contribution in [0.2, 0.25) is 0 Å². The van der Waals surface area contributed by atoms with E-state index in [1.807, 2.05) is 11.8 Å². The molecule has 0 unspecified atom stereocenters. The van der Waals surface area contributed by atoms with Gasteiger partial charge in [0.15, 0.2) is 0 Å². The number of halogens is 2. The van der Waals surface area contributed by atoms with Crippen molar-refractivity contribution in [1.29, 1.82) is 0 Å². The molecule has 0 saturated carbocycles. The van der Waals surface area contributed by atoms with Crippen LogP contribution in [-0.4, -0.2) is 40.2 Å². The molecule has 0 aromatic carbocycles. The van der Waals surface area contributed by atoms with Gasteiger partial charge >= 0.3 is 0 Å². The smallest absolute Gasteiger partial charge is 0.279 e. The van der Waals surface area contributed by atoms with E-state index in [4.69, 9.17) is 0 Å². The van der Waals surface area contributed by atoms with E-state index in [1.54, 1.807) is 12.4 Å². The molecule has 0 N–H and O–H groups in total. The van der Waals surface area contributed by atoms with Crippen LogP contribution in [0.3, 0.4) is 0 Å². The monoisotopic (exact) mass is 229 g/mol. The number of nitrogens with zero attached hydrogens (tertiary/aromatic N) is 3. The molecule has 1 aromatic heterocycles. The largest absolute Gasteiger partial charge is 0.297 e. The number of hydrogen-bond donors (Lipinski definition) is 0. The van der Waals surface area contributed by atoms with Crippen molar-refractivity contribution < 1.29 is 8.78 Å². The highest BCUT2D eigenvalue weighted by atomic mass is 19.3. The first-order valence-corrected chi connectivity index (χ1v) is 5.64. The molecule has 0 bridgehead atoms. The lowest BCUT2D eigenvalue weighted by atomic mass is 10.3. The number of rotatable bonds is 4. The van der Waals surface area contributed by atoms with E-state index < -0.39 is 5.92 Å². The zero-order valence-electron chi connectivity index (χ0n) is 9.49. The summed E-state index contributed by atoms with van der Waals surface area (Å²) in [6, 6.07) is 0. The molecule has 16 heavy (non-hydrogen) atoms. The molecule has 0 aliphatic carbocycles. The molecule has 90 valence electrons. The van der Waals surface area contributed by atoms with Crippen molar-refractivity contribution in [1.82, 2.24) is 14.7 Å². The highest BCUT2D eigenvalue weighted by Gasteiger charge is 2.33. The van der Waals surface area contributed by atoms with Gasteiger partial charge in [-0.2, -0.15) is 5.10 Å². The number of hydrogen-bond acceptors (Lipinski definition) is 2. The zero-order chi connectivity index (χ0) is 11.6. The van der Waals surface area contributed by atoms with Crippen LogP contribution in [0.4, 0.5) is 8.78 Å². The molecular formula is C11H17F2N3. The van der Waals surface area contributed by atoms with Gasteiger partial charge in [0, 0.05) is 6.20 Å². The Labute approximate surface area is 94.0 Å². The van der Waals surface area contributed by atoms with E-state index in [0.29, 0.717) is 0 Å². The first kappa shape index (κ1) is 11.5. The summed E-state index contributed by atoms with van der Waals surface area (Å²) in [5.41, 5.74) is 0.914. The van der Waals surface area contributed by atoms with Crippen molar-refractivity contribution in [2.24, 2.45) is 0 Å². The quantitative estimate of drug-likeness (QED) is 0.786. The van der Waals surface area contributed by atoms with Gasteiger partial charge in [-0.15, -0.1) is 0 Å². The minimum atomic E-state index is -2.69. The Kier molecular flexibility index (Phi) is 3.23. The fourth-order valence-corrected chi connectivity index (χ4v) is 2.11. The minimum Gasteiger partial charge on any atom is -0.297 e. The maximum atomic E-state index is 13.7. The van der Waals surface area contributed by atoms with E-state index in [2.05, 4.69) is 5.10 Å². The molecule has 2 rings (SSSR count). The van der Waals surface area contributed by atoms with Gasteiger partial charge < -0.3 is 0 Å². The second-order valence-corrected chi connectivity index (χ2v) is 4.55. The van der Waals surface area contributed by atoms with Crippen molar-refractivity contribution in [3.63, 3.8) is 0 Å². The van der Waals surface area contributed by atoms with Gasteiger partial charge in [-0.1, -0.05) is 0 Å². The second kappa shape index (κ2) is 4.49. The topological polar surface area (TPSA) is 21.1 Å². The van der Waals surface area contributed by atoms with Crippen molar-refractivity contribution in [2.45, 2.75) is 32.2 Å². The predicted molar refractivity (Wildman–Crippen MR) is 57.6 cm³/mol. The van der Waals surface area contributed by atoms with Crippen LogP contribution < -0.4 is 0 Å². The molecule has 0 atom stereocenters. The molecule has 0 radical (unpaired) electrons. The van der Waals surface area contributed by atoms with Crippen LogP contribution in [0.5, 0.6) is 0 Å². The maximum absolute atomic E-state index is 13.7. The highest BCUT2D eigenvalue weighted by Crippen LogP contribution is 2.20. The first-order chi connectivity index (χ1) is 7.55. The van der Waals surface area contributed by atoms with Crippen molar-refractivity contribution in [3.05, 3.63) is 18.0 Å². The van der Waals surface area contributed by atoms with Gasteiger partial charge in [-0.05, 0) is 38.4 Å². The summed E-state index contributed by atoms with van der Waals surface area (Å²) >= 11 is 0. The van der Waals surface area contributed by atoms with Gasteiger partial charge in [0.1, 0.15) is 6.54 Å². The Hall–Kier alpha value is -0.970. The Morgan fingerprint density at radius 2 is 2.00 bits per heavy atom. The summed E-state index contributed by atoms with van der Waals surface area (Å²) < 4.78 is 28.7. The molecule has 1 aliphatic heterocycles. The molecule has 2 heterocycles. The molecule has 1 aromatic rings. The molecule has 0 spiro atoms. The number of aromatic nitrogens is 2. The summed E-state index contributed by atoms with van der Waals surface area (Å²) in [5, 5.41) is 3.89. The normalized spacial score (nSPS) is 18.2. The summed E-state index contributed by atoms with van der Waals surface area (Å²) in [4.78, 5) is 1.83. The lowest BCUT2D eigenvalue weighted by molar-refractivity contribution is -0.0443. The molecular weight excluding hydrogens is 212 g/mol. The predicted octanol–water partition coefficient (Wildman–Crippen LogP) is 1.92. The third-order valence-corrected chi connectivity index (χ3v) is 2.81. The average molecular weight is 229 g/mol. The Balaban J connectivity index is 1.91. The minimum absolute atomic E-state index is 0.147. The van der Waals surface area contributed by atoms with E-state index >= 15 is 0 Å². The lowest BCUT2D eigenvalue weighted by Crippen LogP contribution is -2.38.